The smallest absolute Gasteiger partial charge is 0.222 e. The molecule has 1 amide bonds. The van der Waals surface area contributed by atoms with Crippen LogP contribution in [-0.4, -0.2) is 46.1 Å². The number of hydrogen-bond donors (Lipinski definition) is 4. The van der Waals surface area contributed by atoms with Crippen LogP contribution in [0.25, 0.3) is 0 Å². The largest absolute Gasteiger partial charge is 0.394 e. The van der Waals surface area contributed by atoms with Crippen molar-refractivity contribution in [2.24, 2.45) is 0 Å². The van der Waals surface area contributed by atoms with Crippen LogP contribution in [0, 0.1) is 0 Å². The van der Waals surface area contributed by atoms with E-state index in [4.69, 9.17) is 0 Å². The Hall–Kier alpha value is -1.69. The summed E-state index contributed by atoms with van der Waals surface area (Å²) in [5.41, 5.74) is 0. The van der Waals surface area contributed by atoms with Crippen LogP contribution in [0.1, 0.15) is 348 Å². The lowest BCUT2D eigenvalue weighted by Gasteiger charge is -2.21. The molecule has 3 unspecified atom stereocenters. The lowest BCUT2D eigenvalue weighted by Crippen LogP contribution is -2.45. The van der Waals surface area contributed by atoms with Gasteiger partial charge in [0.25, 0.3) is 0 Å². The molecule has 0 aromatic heterocycles. The molecular formula is C67H127NO4. The second-order valence-corrected chi connectivity index (χ2v) is 22.4. The lowest BCUT2D eigenvalue weighted by atomic mass is 10.0. The van der Waals surface area contributed by atoms with Crippen LogP contribution in [0.2, 0.25) is 0 Å². The summed E-state index contributed by atoms with van der Waals surface area (Å²) in [7, 11) is 0. The van der Waals surface area contributed by atoms with Crippen LogP contribution >= 0.6 is 0 Å². The van der Waals surface area contributed by atoms with Gasteiger partial charge in [-0.3, -0.25) is 4.79 Å². The fourth-order valence-corrected chi connectivity index (χ4v) is 10.1. The Balaban J connectivity index is 3.56. The highest BCUT2D eigenvalue weighted by Crippen LogP contribution is 2.18. The molecule has 3 atom stereocenters. The van der Waals surface area contributed by atoms with Crippen molar-refractivity contribution in [3.05, 3.63) is 48.6 Å². The van der Waals surface area contributed by atoms with E-state index in [0.717, 1.165) is 38.5 Å². The van der Waals surface area contributed by atoms with Gasteiger partial charge in [-0.1, -0.05) is 319 Å². The standard InChI is InChI=1S/C67H127NO4/c1-3-5-7-9-11-13-15-17-19-21-23-25-27-29-30-31-32-33-34-35-36-37-38-40-42-44-46-48-50-52-54-56-58-60-64(70)62-67(72)68-65(63-69)66(71)61-59-57-55-53-51-49-47-45-43-41-39-28-26-24-22-20-18-16-14-12-10-8-6-4-2/h31-32,43,45,51,53,59,61,64-66,69-71H,3-30,33-42,44,46-50,52,54-58,60,62-63H2,1-2H3,(H,68,72)/b32-31-,45-43+,53-51+,61-59+. The molecule has 0 aromatic carbocycles. The van der Waals surface area contributed by atoms with Crippen molar-refractivity contribution in [2.75, 3.05) is 6.61 Å². The second-order valence-electron chi connectivity index (χ2n) is 22.4. The van der Waals surface area contributed by atoms with Gasteiger partial charge in [-0.25, -0.2) is 0 Å². The molecule has 0 aliphatic carbocycles. The average molecular weight is 1010 g/mol. The predicted molar refractivity (Wildman–Crippen MR) is 319 cm³/mol. The third-order valence-corrected chi connectivity index (χ3v) is 15.1. The Kier molecular flexibility index (Phi) is 60.4. The van der Waals surface area contributed by atoms with Gasteiger partial charge in [0, 0.05) is 0 Å². The zero-order chi connectivity index (χ0) is 52.2. The summed E-state index contributed by atoms with van der Waals surface area (Å²) in [6, 6.07) is -0.770. The Bertz CT molecular complexity index is 1160. The summed E-state index contributed by atoms with van der Waals surface area (Å²) in [5, 5.41) is 33.5. The fourth-order valence-electron chi connectivity index (χ4n) is 10.1. The highest BCUT2D eigenvalue weighted by molar-refractivity contribution is 5.76. The topological polar surface area (TPSA) is 89.8 Å². The predicted octanol–water partition coefficient (Wildman–Crippen LogP) is 20.7. The van der Waals surface area contributed by atoms with Crippen LogP contribution in [0.3, 0.4) is 0 Å². The molecule has 72 heavy (non-hydrogen) atoms. The van der Waals surface area contributed by atoms with Gasteiger partial charge in [0.2, 0.25) is 5.91 Å². The number of carbonyl (C=O) groups is 1. The van der Waals surface area contributed by atoms with E-state index in [0.29, 0.717) is 6.42 Å². The lowest BCUT2D eigenvalue weighted by molar-refractivity contribution is -0.124. The maximum absolute atomic E-state index is 12.6. The van der Waals surface area contributed by atoms with Crippen molar-refractivity contribution in [1.29, 1.82) is 0 Å². The number of carbonyl (C=O) groups excluding carboxylic acids is 1. The van der Waals surface area contributed by atoms with Gasteiger partial charge in [-0.05, 0) is 70.6 Å². The highest BCUT2D eigenvalue weighted by Gasteiger charge is 2.20. The number of unbranched alkanes of at least 4 members (excludes halogenated alkanes) is 45. The molecule has 0 spiro atoms. The average Bonchev–Trinajstić information content (AvgIpc) is 3.38. The second kappa shape index (κ2) is 61.9. The van der Waals surface area contributed by atoms with Gasteiger partial charge >= 0.3 is 0 Å². The molecule has 424 valence electrons. The Labute approximate surface area is 450 Å². The summed E-state index contributed by atoms with van der Waals surface area (Å²) >= 11 is 0. The molecule has 5 nitrogen and oxygen atoms in total. The van der Waals surface area contributed by atoms with E-state index in [-0.39, 0.29) is 18.9 Å². The zero-order valence-corrected chi connectivity index (χ0v) is 48.6. The first kappa shape index (κ1) is 70.3. The third kappa shape index (κ3) is 57.6. The first-order chi connectivity index (χ1) is 35.5. The Morgan fingerprint density at radius 1 is 0.347 bits per heavy atom. The van der Waals surface area contributed by atoms with Gasteiger partial charge in [-0.2, -0.15) is 0 Å². The molecule has 0 aliphatic rings. The van der Waals surface area contributed by atoms with E-state index in [1.54, 1.807) is 6.08 Å². The molecule has 0 fully saturated rings. The van der Waals surface area contributed by atoms with Gasteiger partial charge in [-0.15, -0.1) is 0 Å². The van der Waals surface area contributed by atoms with Crippen molar-refractivity contribution in [1.82, 2.24) is 5.32 Å². The summed E-state index contributed by atoms with van der Waals surface area (Å²) in [6.45, 7) is 4.24. The molecule has 4 N–H and O–H groups in total. The summed E-state index contributed by atoms with van der Waals surface area (Å²) < 4.78 is 0. The number of allylic oxidation sites excluding steroid dienone is 7. The van der Waals surface area contributed by atoms with E-state index in [1.807, 2.05) is 6.08 Å². The monoisotopic (exact) mass is 1010 g/mol. The fraction of sp³-hybridized carbons (Fsp3) is 0.866. The van der Waals surface area contributed by atoms with Gasteiger partial charge in [0.15, 0.2) is 0 Å². The van der Waals surface area contributed by atoms with Crippen molar-refractivity contribution < 1.29 is 20.1 Å². The normalized spacial score (nSPS) is 13.5. The molecule has 0 heterocycles. The Morgan fingerprint density at radius 3 is 0.889 bits per heavy atom. The van der Waals surface area contributed by atoms with Crippen molar-refractivity contribution in [3.63, 3.8) is 0 Å². The summed E-state index contributed by atoms with van der Waals surface area (Å²) in [4.78, 5) is 12.6. The molecule has 0 rings (SSSR count). The third-order valence-electron chi connectivity index (χ3n) is 15.1. The minimum atomic E-state index is -0.962. The molecule has 0 saturated heterocycles. The van der Waals surface area contributed by atoms with Crippen molar-refractivity contribution in [3.8, 4) is 0 Å². The number of amides is 1. The van der Waals surface area contributed by atoms with Crippen molar-refractivity contribution in [2.45, 2.75) is 366 Å². The molecule has 5 heteroatoms. The first-order valence-electron chi connectivity index (χ1n) is 32.4. The van der Waals surface area contributed by atoms with E-state index in [9.17, 15) is 20.1 Å². The zero-order valence-electron chi connectivity index (χ0n) is 48.6. The minimum absolute atomic E-state index is 0.00359. The highest BCUT2D eigenvalue weighted by atomic mass is 16.3. The van der Waals surface area contributed by atoms with Crippen molar-refractivity contribution >= 4 is 5.91 Å². The number of aliphatic hydroxyl groups excluding tert-OH is 3. The molecular weight excluding hydrogens is 883 g/mol. The number of aliphatic hydroxyl groups is 3. The number of nitrogens with one attached hydrogen (secondary N) is 1. The molecule has 0 aromatic rings. The molecule has 0 aliphatic heterocycles. The van der Waals surface area contributed by atoms with Crippen LogP contribution in [0.15, 0.2) is 48.6 Å². The number of hydrogen-bond acceptors (Lipinski definition) is 4. The number of rotatable bonds is 60. The molecule has 0 radical (unpaired) electrons. The van der Waals surface area contributed by atoms with E-state index < -0.39 is 18.2 Å². The maximum Gasteiger partial charge on any atom is 0.222 e. The molecule has 0 saturated carbocycles. The Morgan fingerprint density at radius 2 is 0.597 bits per heavy atom. The van der Waals surface area contributed by atoms with Gasteiger partial charge in [0.1, 0.15) is 0 Å². The SMILES string of the molecule is CCCCCCCCCCCCCCCC/C=C\CCCCCCCCCCCCCCCCCC(O)CC(=O)NC(CO)C(O)/C=C/CC/C=C/CC/C=C/CCCCCCCCCCCCCCCC. The minimum Gasteiger partial charge on any atom is -0.394 e. The van der Waals surface area contributed by atoms with E-state index in [2.05, 4.69) is 55.6 Å². The van der Waals surface area contributed by atoms with Gasteiger partial charge in [0.05, 0.1) is 31.3 Å². The quantitative estimate of drug-likeness (QED) is 0.0361. The maximum atomic E-state index is 12.6. The molecule has 0 bridgehead atoms. The van der Waals surface area contributed by atoms with Gasteiger partial charge < -0.3 is 20.6 Å². The van der Waals surface area contributed by atoms with Crippen LogP contribution in [0.5, 0.6) is 0 Å². The van der Waals surface area contributed by atoms with Crippen LogP contribution in [0.4, 0.5) is 0 Å². The van der Waals surface area contributed by atoms with Crippen LogP contribution in [-0.2, 0) is 4.79 Å². The van der Waals surface area contributed by atoms with E-state index in [1.165, 1.54) is 283 Å². The first-order valence-corrected chi connectivity index (χ1v) is 32.4. The van der Waals surface area contributed by atoms with E-state index >= 15 is 0 Å². The summed E-state index contributed by atoms with van der Waals surface area (Å²) in [6.07, 6.45) is 83.4. The summed E-state index contributed by atoms with van der Waals surface area (Å²) in [5.74, 6) is -0.325. The van der Waals surface area contributed by atoms with Crippen LogP contribution < -0.4 is 5.32 Å².